The largest absolute Gasteiger partial charge is 0.354 e. The quantitative estimate of drug-likeness (QED) is 0.155. The molecule has 2 aliphatic heterocycles. The zero-order chi connectivity index (χ0) is 32.0. The number of carbonyl (C=O) groups excluding carboxylic acids is 4. The second-order valence-corrected chi connectivity index (χ2v) is 14.2. The van der Waals surface area contributed by atoms with Gasteiger partial charge in [-0.1, -0.05) is 106 Å². The molecule has 16 heteroatoms. The number of hydrogen-bond acceptors (Lipinski definition) is 8. The molecule has 2 aliphatic rings. The third-order valence-electron chi connectivity index (χ3n) is 6.14. The van der Waals surface area contributed by atoms with Crippen LogP contribution in [0.5, 0.6) is 0 Å². The van der Waals surface area contributed by atoms with Crippen molar-refractivity contribution in [3.05, 3.63) is 77.4 Å². The molecule has 4 amide bonds. The Morgan fingerprint density at radius 1 is 0.705 bits per heavy atom. The van der Waals surface area contributed by atoms with E-state index < -0.39 is 0 Å². The molecule has 44 heavy (non-hydrogen) atoms. The lowest BCUT2D eigenvalue weighted by molar-refractivity contribution is -0.126. The Labute approximate surface area is 292 Å². The highest BCUT2D eigenvalue weighted by molar-refractivity contribution is 8.27. The molecule has 0 atom stereocenters. The first-order valence-corrected chi connectivity index (χ1v) is 16.8. The molecule has 2 saturated heterocycles. The summed E-state index contributed by atoms with van der Waals surface area (Å²) in [5.74, 6) is -1.22. The molecule has 4 rings (SSSR count). The van der Waals surface area contributed by atoms with Gasteiger partial charge in [-0.05, 0) is 47.5 Å². The molecular weight excluding hydrogens is 726 g/mol. The Bertz CT molecular complexity index is 1500. The summed E-state index contributed by atoms with van der Waals surface area (Å²) in [5.41, 5.74) is 1.26. The van der Waals surface area contributed by atoms with Crippen LogP contribution in [0.15, 0.2) is 46.2 Å². The smallest absolute Gasteiger partial charge is 0.266 e. The molecule has 0 aromatic heterocycles. The predicted octanol–water partition coefficient (Wildman–Crippen LogP) is 6.42. The molecule has 0 saturated carbocycles. The van der Waals surface area contributed by atoms with Gasteiger partial charge < -0.3 is 10.6 Å². The van der Waals surface area contributed by atoms with Crippen LogP contribution in [0.25, 0.3) is 12.2 Å². The number of rotatable bonds is 11. The van der Waals surface area contributed by atoms with Crippen molar-refractivity contribution < 1.29 is 19.2 Å². The Kier molecular flexibility index (Phi) is 12.5. The summed E-state index contributed by atoms with van der Waals surface area (Å²) >= 11 is 37.2. The first-order valence-electron chi connectivity index (χ1n) is 12.9. The van der Waals surface area contributed by atoms with E-state index in [1.807, 2.05) is 0 Å². The molecular formula is C28H22Cl4N4O4S4. The number of hydrogen-bond donors (Lipinski definition) is 2. The number of thioether (sulfide) groups is 2. The van der Waals surface area contributed by atoms with Crippen LogP contribution in [-0.4, -0.2) is 68.2 Å². The van der Waals surface area contributed by atoms with Gasteiger partial charge in [-0.15, -0.1) is 0 Å². The van der Waals surface area contributed by atoms with Crippen molar-refractivity contribution in [1.82, 2.24) is 20.4 Å². The fourth-order valence-electron chi connectivity index (χ4n) is 3.91. The van der Waals surface area contributed by atoms with E-state index in [-0.39, 0.29) is 62.6 Å². The summed E-state index contributed by atoms with van der Waals surface area (Å²) in [4.78, 5) is 53.9. The van der Waals surface area contributed by atoms with E-state index in [4.69, 9.17) is 70.8 Å². The van der Waals surface area contributed by atoms with E-state index in [0.717, 1.165) is 23.5 Å². The van der Waals surface area contributed by atoms with Crippen molar-refractivity contribution in [2.75, 3.05) is 26.2 Å². The second-order valence-electron chi connectivity index (χ2n) is 9.20. The number of thiocarbonyl (C=S) groups is 2. The molecule has 0 aliphatic carbocycles. The topological polar surface area (TPSA) is 98.8 Å². The summed E-state index contributed by atoms with van der Waals surface area (Å²) in [7, 11) is 0. The van der Waals surface area contributed by atoms with E-state index in [2.05, 4.69) is 10.6 Å². The van der Waals surface area contributed by atoms with Crippen molar-refractivity contribution in [2.45, 2.75) is 12.8 Å². The van der Waals surface area contributed by atoms with E-state index in [1.165, 1.54) is 9.80 Å². The van der Waals surface area contributed by atoms with Crippen LogP contribution in [0, 0.1) is 0 Å². The van der Waals surface area contributed by atoms with Gasteiger partial charge in [0.15, 0.2) is 0 Å². The van der Waals surface area contributed by atoms with Crippen molar-refractivity contribution >= 4 is 139 Å². The van der Waals surface area contributed by atoms with Crippen LogP contribution in [0.4, 0.5) is 0 Å². The monoisotopic (exact) mass is 746 g/mol. The number of halogens is 4. The van der Waals surface area contributed by atoms with Gasteiger partial charge in [0.2, 0.25) is 11.8 Å². The highest BCUT2D eigenvalue weighted by Gasteiger charge is 2.33. The maximum atomic E-state index is 12.8. The summed E-state index contributed by atoms with van der Waals surface area (Å²) in [6, 6.07) is 9.92. The minimum atomic E-state index is -0.308. The number of nitrogens with one attached hydrogen (secondary N) is 2. The van der Waals surface area contributed by atoms with Crippen molar-refractivity contribution in [3.8, 4) is 0 Å². The molecule has 2 heterocycles. The summed E-state index contributed by atoms with van der Waals surface area (Å²) < 4.78 is 0.689. The fraction of sp³-hybridized carbons (Fsp3) is 0.214. The highest BCUT2D eigenvalue weighted by atomic mass is 35.5. The normalized spacial score (nSPS) is 16.9. The lowest BCUT2D eigenvalue weighted by Gasteiger charge is -2.15. The molecule has 0 bridgehead atoms. The van der Waals surface area contributed by atoms with Crippen LogP contribution < -0.4 is 10.6 Å². The summed E-state index contributed by atoms with van der Waals surface area (Å²) in [5, 5.41) is 7.18. The highest BCUT2D eigenvalue weighted by Crippen LogP contribution is 2.35. The van der Waals surface area contributed by atoms with Gasteiger partial charge in [0.05, 0.1) is 9.81 Å². The van der Waals surface area contributed by atoms with Gasteiger partial charge in [-0.25, -0.2) is 0 Å². The zero-order valence-corrected chi connectivity index (χ0v) is 28.8. The molecule has 0 spiro atoms. The minimum absolute atomic E-state index is 0.0264. The van der Waals surface area contributed by atoms with E-state index in [0.29, 0.717) is 49.7 Å². The third-order valence-corrected chi connectivity index (χ3v) is 10.0. The molecule has 0 radical (unpaired) electrons. The maximum absolute atomic E-state index is 12.8. The fourth-order valence-corrected chi connectivity index (χ4v) is 7.44. The van der Waals surface area contributed by atoms with Crippen LogP contribution in [-0.2, 0) is 19.2 Å². The maximum Gasteiger partial charge on any atom is 0.266 e. The first-order chi connectivity index (χ1) is 20.9. The van der Waals surface area contributed by atoms with Gasteiger partial charge in [-0.3, -0.25) is 29.0 Å². The van der Waals surface area contributed by atoms with Crippen molar-refractivity contribution in [1.29, 1.82) is 0 Å². The van der Waals surface area contributed by atoms with Crippen LogP contribution >= 0.6 is 94.4 Å². The molecule has 0 unspecified atom stereocenters. The van der Waals surface area contributed by atoms with E-state index in [1.54, 1.807) is 48.6 Å². The second kappa shape index (κ2) is 15.9. The number of benzene rings is 2. The van der Waals surface area contributed by atoms with Gasteiger partial charge in [0, 0.05) is 59.1 Å². The first kappa shape index (κ1) is 34.7. The van der Waals surface area contributed by atoms with Crippen molar-refractivity contribution in [2.24, 2.45) is 0 Å². The summed E-state index contributed by atoms with van der Waals surface area (Å²) in [6.45, 7) is 0.584. The Morgan fingerprint density at radius 2 is 1.09 bits per heavy atom. The Morgan fingerprint density at radius 3 is 1.45 bits per heavy atom. The van der Waals surface area contributed by atoms with Gasteiger partial charge in [0.1, 0.15) is 8.64 Å². The number of amides is 4. The van der Waals surface area contributed by atoms with Gasteiger partial charge in [-0.2, -0.15) is 0 Å². The third kappa shape index (κ3) is 9.20. The SMILES string of the molecule is O=C(CCN1C(=O)C(=Cc2ccc(Cl)cc2Cl)SC1=S)NCCNC(=O)CCN1C(=O)C(=Cc2ccc(Cl)cc2Cl)SC1=S. The van der Waals surface area contributed by atoms with Gasteiger partial charge in [0.25, 0.3) is 11.8 Å². The molecule has 8 nitrogen and oxygen atoms in total. The molecule has 230 valence electrons. The van der Waals surface area contributed by atoms with E-state index >= 15 is 0 Å². The molecule has 2 aromatic rings. The van der Waals surface area contributed by atoms with E-state index in [9.17, 15) is 19.2 Å². The molecule has 2 aromatic carbocycles. The lowest BCUT2D eigenvalue weighted by atomic mass is 10.2. The average Bonchev–Trinajstić information content (AvgIpc) is 3.39. The number of carbonyl (C=O) groups is 4. The van der Waals surface area contributed by atoms with Gasteiger partial charge >= 0.3 is 0 Å². The Hall–Kier alpha value is -2.16. The van der Waals surface area contributed by atoms with Crippen LogP contribution in [0.2, 0.25) is 20.1 Å². The molecule has 2 N–H and O–H groups in total. The lowest BCUT2D eigenvalue weighted by Crippen LogP contribution is -2.38. The average molecular weight is 749 g/mol. The van der Waals surface area contributed by atoms with Crippen molar-refractivity contribution in [3.63, 3.8) is 0 Å². The zero-order valence-electron chi connectivity index (χ0n) is 22.5. The minimum Gasteiger partial charge on any atom is -0.354 e. The predicted molar refractivity (Wildman–Crippen MR) is 188 cm³/mol. The molecule has 2 fully saturated rings. The van der Waals surface area contributed by atoms with Crippen LogP contribution in [0.3, 0.4) is 0 Å². The summed E-state index contributed by atoms with van der Waals surface area (Å²) in [6.07, 6.45) is 3.33. The Balaban J connectivity index is 1.15. The van der Waals surface area contributed by atoms with Crippen LogP contribution in [0.1, 0.15) is 24.0 Å². The number of nitrogens with zero attached hydrogens (tertiary/aromatic N) is 2. The standard InChI is InChI=1S/C28H22Cl4N4O4S4/c29-17-3-1-15(19(31)13-17)11-21-25(39)35(27(41)43-21)9-5-23(37)33-7-8-34-24(38)6-10-36-26(40)22(44-28(36)42)12-16-2-4-18(30)14-20(16)32/h1-4,11-14H,5-10H2,(H,33,37)(H,34,38).